The van der Waals surface area contributed by atoms with Crippen molar-refractivity contribution in [2.24, 2.45) is 0 Å². The first kappa shape index (κ1) is 17.9. The number of H-pyrrole nitrogens is 1. The molecule has 2 aromatic carbocycles. The molecule has 1 aliphatic carbocycles. The first-order chi connectivity index (χ1) is 15.2. The molecule has 31 heavy (non-hydrogen) atoms. The third-order valence-electron chi connectivity index (χ3n) is 5.84. The van der Waals surface area contributed by atoms with Gasteiger partial charge in [0.1, 0.15) is 17.0 Å². The fourth-order valence-corrected chi connectivity index (χ4v) is 4.18. The van der Waals surface area contributed by atoms with Crippen LogP contribution in [0.2, 0.25) is 0 Å². The van der Waals surface area contributed by atoms with Gasteiger partial charge < -0.3 is 14.1 Å². The number of nitrogens with one attached hydrogen (secondary N) is 1. The van der Waals surface area contributed by atoms with Gasteiger partial charge in [-0.15, -0.1) is 0 Å². The molecule has 0 radical (unpaired) electrons. The highest BCUT2D eigenvalue weighted by Gasteiger charge is 2.32. The second-order valence-electron chi connectivity index (χ2n) is 7.92. The number of aromatic amines is 1. The highest BCUT2D eigenvalue weighted by molar-refractivity contribution is 5.84. The van der Waals surface area contributed by atoms with Gasteiger partial charge in [-0.3, -0.25) is 4.79 Å². The van der Waals surface area contributed by atoms with E-state index in [9.17, 15) is 4.79 Å². The molecule has 1 N–H and O–H groups in total. The maximum atomic E-state index is 13.6. The summed E-state index contributed by atoms with van der Waals surface area (Å²) in [5.74, 6) is 1.24. The zero-order valence-corrected chi connectivity index (χ0v) is 17.2. The van der Waals surface area contributed by atoms with E-state index in [1.807, 2.05) is 43.3 Å². The van der Waals surface area contributed by atoms with Gasteiger partial charge >= 0.3 is 0 Å². The third kappa shape index (κ3) is 2.70. The smallest absolute Gasteiger partial charge is 0.287 e. The Labute approximate surface area is 177 Å². The van der Waals surface area contributed by atoms with E-state index in [1.165, 1.54) is 4.52 Å². The Hall–Kier alpha value is -3.87. The van der Waals surface area contributed by atoms with Crippen LogP contribution < -0.4 is 10.3 Å². The molecule has 0 spiro atoms. The zero-order chi connectivity index (χ0) is 21.1. The van der Waals surface area contributed by atoms with Crippen LogP contribution in [0.15, 0.2) is 57.7 Å². The minimum Gasteiger partial charge on any atom is -0.494 e. The molecule has 7 nitrogen and oxygen atoms in total. The normalized spacial score (nSPS) is 13.9. The highest BCUT2D eigenvalue weighted by atomic mass is 16.5. The summed E-state index contributed by atoms with van der Waals surface area (Å²) in [6, 6.07) is 15.5. The highest BCUT2D eigenvalue weighted by Crippen LogP contribution is 2.44. The van der Waals surface area contributed by atoms with Crippen LogP contribution in [0.4, 0.5) is 0 Å². The number of rotatable bonds is 4. The maximum Gasteiger partial charge on any atom is 0.287 e. The summed E-state index contributed by atoms with van der Waals surface area (Å²) < 4.78 is 12.8. The Morgan fingerprint density at radius 2 is 1.90 bits per heavy atom. The summed E-state index contributed by atoms with van der Waals surface area (Å²) in [7, 11) is 1.58. The fourth-order valence-electron chi connectivity index (χ4n) is 4.18. The van der Waals surface area contributed by atoms with Crippen molar-refractivity contribution in [2.75, 3.05) is 7.11 Å². The van der Waals surface area contributed by atoms with Crippen molar-refractivity contribution < 1.29 is 9.15 Å². The summed E-state index contributed by atoms with van der Waals surface area (Å²) in [4.78, 5) is 21.5. The molecule has 0 unspecified atom stereocenters. The van der Waals surface area contributed by atoms with Crippen LogP contribution in [0.5, 0.6) is 5.75 Å². The number of aryl methyl sites for hydroxylation is 1. The molecule has 0 saturated heterocycles. The van der Waals surface area contributed by atoms with Crippen molar-refractivity contribution in [3.8, 4) is 28.3 Å². The van der Waals surface area contributed by atoms with Gasteiger partial charge in [0, 0.05) is 17.2 Å². The van der Waals surface area contributed by atoms with E-state index in [0.29, 0.717) is 39.7 Å². The number of ether oxygens (including phenoxy) is 1. The lowest BCUT2D eigenvalue weighted by atomic mass is 10.0. The van der Waals surface area contributed by atoms with E-state index in [-0.39, 0.29) is 11.4 Å². The average Bonchev–Trinajstić information content (AvgIpc) is 3.42. The monoisotopic (exact) mass is 412 g/mol. The Kier molecular flexibility index (Phi) is 3.80. The molecule has 6 rings (SSSR count). The lowest BCUT2D eigenvalue weighted by Crippen LogP contribution is -2.19. The van der Waals surface area contributed by atoms with Crippen LogP contribution in [0.1, 0.15) is 30.1 Å². The van der Waals surface area contributed by atoms with Gasteiger partial charge in [-0.05, 0) is 37.5 Å². The summed E-state index contributed by atoms with van der Waals surface area (Å²) >= 11 is 0. The number of hydrogen-bond acceptors (Lipinski definition) is 5. The summed E-state index contributed by atoms with van der Waals surface area (Å²) in [6.07, 6.45) is 2.18. The zero-order valence-electron chi connectivity index (χ0n) is 17.2. The minimum atomic E-state index is -0.249. The second-order valence-corrected chi connectivity index (χ2v) is 7.92. The van der Waals surface area contributed by atoms with Crippen molar-refractivity contribution in [1.82, 2.24) is 19.6 Å². The number of oxazole rings is 1. The Morgan fingerprint density at radius 1 is 1.10 bits per heavy atom. The molecule has 0 bridgehead atoms. The SMILES string of the molecule is COc1cccc2oc(-c3c(C)[nH]c4c(-c5ccccc5)c(C5CC5)nn4c3=O)nc12. The standard InChI is InChI=1S/C24H20N4O3/c1-13-18(23-26-21-16(30-2)9-6-10-17(21)31-23)24(29)28-22(25-13)19(14-7-4-3-5-8-14)20(27-28)15-11-12-15/h3-10,15,25H,11-12H2,1-2H3. The lowest BCUT2D eigenvalue weighted by Gasteiger charge is -2.05. The molecular weight excluding hydrogens is 392 g/mol. The fraction of sp³-hybridized carbons (Fsp3) is 0.208. The molecule has 1 fully saturated rings. The topological polar surface area (TPSA) is 85.4 Å². The van der Waals surface area contributed by atoms with Crippen molar-refractivity contribution in [1.29, 1.82) is 0 Å². The van der Waals surface area contributed by atoms with Crippen LogP contribution in [0.3, 0.4) is 0 Å². The molecule has 5 aromatic rings. The van der Waals surface area contributed by atoms with Gasteiger partial charge in [0.05, 0.1) is 12.8 Å². The van der Waals surface area contributed by atoms with Crippen molar-refractivity contribution in [3.05, 3.63) is 70.3 Å². The molecule has 7 heteroatoms. The third-order valence-corrected chi connectivity index (χ3v) is 5.84. The van der Waals surface area contributed by atoms with Crippen molar-refractivity contribution in [2.45, 2.75) is 25.7 Å². The summed E-state index contributed by atoms with van der Waals surface area (Å²) in [5, 5.41) is 4.74. The molecular formula is C24H20N4O3. The van der Waals surface area contributed by atoms with E-state index in [0.717, 1.165) is 29.7 Å². The van der Waals surface area contributed by atoms with Crippen LogP contribution in [-0.2, 0) is 0 Å². The van der Waals surface area contributed by atoms with Crippen LogP contribution in [0.25, 0.3) is 39.3 Å². The molecule has 154 valence electrons. The van der Waals surface area contributed by atoms with E-state index < -0.39 is 0 Å². The molecule has 3 aromatic heterocycles. The van der Waals surface area contributed by atoms with Gasteiger partial charge in [0.2, 0.25) is 5.89 Å². The maximum absolute atomic E-state index is 13.6. The minimum absolute atomic E-state index is 0.249. The molecule has 0 aliphatic heterocycles. The first-order valence-electron chi connectivity index (χ1n) is 10.3. The van der Waals surface area contributed by atoms with E-state index >= 15 is 0 Å². The molecule has 1 aliphatic rings. The lowest BCUT2D eigenvalue weighted by molar-refractivity contribution is 0.419. The molecule has 0 atom stereocenters. The van der Waals surface area contributed by atoms with Gasteiger partial charge in [-0.2, -0.15) is 9.61 Å². The predicted molar refractivity (Wildman–Crippen MR) is 118 cm³/mol. The van der Waals surface area contributed by atoms with Crippen LogP contribution in [-0.4, -0.2) is 26.7 Å². The average molecular weight is 412 g/mol. The number of methoxy groups -OCH3 is 1. The number of para-hydroxylation sites is 1. The first-order valence-corrected chi connectivity index (χ1v) is 10.3. The largest absolute Gasteiger partial charge is 0.494 e. The van der Waals surface area contributed by atoms with Gasteiger partial charge in [-0.25, -0.2) is 4.98 Å². The Balaban J connectivity index is 1.63. The quantitative estimate of drug-likeness (QED) is 0.463. The van der Waals surface area contributed by atoms with Crippen molar-refractivity contribution >= 4 is 16.7 Å². The predicted octanol–water partition coefficient (Wildman–Crippen LogP) is 4.69. The van der Waals surface area contributed by atoms with Crippen LogP contribution in [0, 0.1) is 6.92 Å². The summed E-state index contributed by atoms with van der Waals surface area (Å²) in [6.45, 7) is 1.86. The summed E-state index contributed by atoms with van der Waals surface area (Å²) in [5.41, 5.74) is 5.67. The number of benzene rings is 2. The number of nitrogens with zero attached hydrogens (tertiary/aromatic N) is 3. The number of fused-ring (bicyclic) bond motifs is 2. The van der Waals surface area contributed by atoms with Crippen molar-refractivity contribution in [3.63, 3.8) is 0 Å². The molecule has 3 heterocycles. The van der Waals surface area contributed by atoms with E-state index in [4.69, 9.17) is 14.3 Å². The van der Waals surface area contributed by atoms with E-state index in [1.54, 1.807) is 7.11 Å². The number of aromatic nitrogens is 4. The van der Waals surface area contributed by atoms with Gasteiger partial charge in [0.15, 0.2) is 11.1 Å². The van der Waals surface area contributed by atoms with E-state index in [2.05, 4.69) is 22.1 Å². The van der Waals surface area contributed by atoms with Gasteiger partial charge in [-0.1, -0.05) is 36.4 Å². The molecule has 0 amide bonds. The van der Waals surface area contributed by atoms with Crippen LogP contribution >= 0.6 is 0 Å². The second kappa shape index (κ2) is 6.57. The molecule has 1 saturated carbocycles. The van der Waals surface area contributed by atoms with Gasteiger partial charge in [0.25, 0.3) is 5.56 Å². The number of hydrogen-bond donors (Lipinski definition) is 1. The Bertz CT molecular complexity index is 1510. The Morgan fingerprint density at radius 3 is 2.65 bits per heavy atom.